The third-order valence-electron chi connectivity index (χ3n) is 4.94. The highest BCUT2D eigenvalue weighted by Gasteiger charge is 2.21. The van der Waals surface area contributed by atoms with E-state index in [9.17, 15) is 17.6 Å². The number of alkyl halides is 4. The lowest BCUT2D eigenvalue weighted by atomic mass is 10.1. The van der Waals surface area contributed by atoms with E-state index >= 15 is 0 Å². The highest BCUT2D eigenvalue weighted by molar-refractivity contribution is 6.36. The Labute approximate surface area is 212 Å². The summed E-state index contributed by atoms with van der Waals surface area (Å²) < 4.78 is 60.5. The van der Waals surface area contributed by atoms with Gasteiger partial charge in [-0.15, -0.1) is 0 Å². The van der Waals surface area contributed by atoms with Gasteiger partial charge in [0.15, 0.2) is 0 Å². The molecule has 0 radical (unpaired) electrons. The quantitative estimate of drug-likeness (QED) is 0.209. The number of rotatable bonds is 8. The molecular weight excluding hydrogens is 531 g/mol. The number of hydrogen-bond acceptors (Lipinski definition) is 3. The van der Waals surface area contributed by atoms with Crippen molar-refractivity contribution in [3.8, 4) is 34.0 Å². The Kier molecular flexibility index (Phi) is 7.74. The Hall–Kier alpha value is -2.94. The maximum absolute atomic E-state index is 12.5. The fourth-order valence-corrected chi connectivity index (χ4v) is 4.24. The van der Waals surface area contributed by atoms with Crippen LogP contribution in [-0.4, -0.2) is 23.0 Å². The van der Waals surface area contributed by atoms with Gasteiger partial charge in [0, 0.05) is 21.2 Å². The third kappa shape index (κ3) is 6.01. The van der Waals surface area contributed by atoms with Crippen LogP contribution < -0.4 is 9.47 Å². The van der Waals surface area contributed by atoms with Crippen molar-refractivity contribution in [1.82, 2.24) is 9.78 Å². The summed E-state index contributed by atoms with van der Waals surface area (Å²) in [4.78, 5) is 0. The highest BCUT2D eigenvalue weighted by atomic mass is 35.5. The molecule has 0 aliphatic heterocycles. The second-order valence-corrected chi connectivity index (χ2v) is 8.43. The fraction of sp³-hybridized carbons (Fsp3) is 0.125. The van der Waals surface area contributed by atoms with Crippen LogP contribution in [0.5, 0.6) is 11.5 Å². The molecule has 0 aliphatic rings. The molecule has 182 valence electrons. The Morgan fingerprint density at radius 1 is 0.743 bits per heavy atom. The molecule has 0 amide bonds. The summed E-state index contributed by atoms with van der Waals surface area (Å²) in [6, 6.07) is 16.8. The first-order chi connectivity index (χ1) is 16.7. The van der Waals surface area contributed by atoms with Crippen LogP contribution in [0.25, 0.3) is 22.5 Å². The van der Waals surface area contributed by atoms with Crippen molar-refractivity contribution in [3.05, 3.63) is 87.4 Å². The zero-order valence-corrected chi connectivity index (χ0v) is 19.8. The Morgan fingerprint density at radius 2 is 1.29 bits per heavy atom. The molecule has 0 atom stereocenters. The number of aromatic nitrogens is 2. The number of nitrogens with zero attached hydrogens (tertiary/aromatic N) is 2. The highest BCUT2D eigenvalue weighted by Crippen LogP contribution is 2.38. The molecule has 3 aromatic carbocycles. The lowest BCUT2D eigenvalue weighted by molar-refractivity contribution is -0.0505. The van der Waals surface area contributed by atoms with E-state index in [2.05, 4.69) is 14.6 Å². The van der Waals surface area contributed by atoms with Crippen LogP contribution in [0.4, 0.5) is 17.6 Å². The second kappa shape index (κ2) is 10.8. The molecule has 4 aromatic rings. The van der Waals surface area contributed by atoms with E-state index in [1.807, 2.05) is 0 Å². The molecule has 0 saturated carbocycles. The normalized spacial score (nSPS) is 11.3. The molecule has 35 heavy (non-hydrogen) atoms. The molecule has 0 unspecified atom stereocenters. The summed E-state index contributed by atoms with van der Waals surface area (Å²) in [5, 5.41) is 5.79. The molecule has 0 bridgehead atoms. The molecule has 1 heterocycles. The maximum Gasteiger partial charge on any atom is 0.387 e. The summed E-state index contributed by atoms with van der Waals surface area (Å²) in [5.74, 6) is -0.0244. The van der Waals surface area contributed by atoms with E-state index in [-0.39, 0.29) is 23.1 Å². The minimum absolute atomic E-state index is 0.0120. The van der Waals surface area contributed by atoms with Crippen LogP contribution in [0.1, 0.15) is 5.56 Å². The molecular formula is C24H15Cl3F4N2O2. The van der Waals surface area contributed by atoms with Gasteiger partial charge in [-0.1, -0.05) is 40.9 Å². The topological polar surface area (TPSA) is 36.3 Å². The predicted molar refractivity (Wildman–Crippen MR) is 127 cm³/mol. The second-order valence-electron chi connectivity index (χ2n) is 7.21. The van der Waals surface area contributed by atoms with Crippen molar-refractivity contribution in [3.63, 3.8) is 0 Å². The van der Waals surface area contributed by atoms with Crippen molar-refractivity contribution in [1.29, 1.82) is 0 Å². The molecule has 4 rings (SSSR count). The van der Waals surface area contributed by atoms with Crippen molar-refractivity contribution >= 4 is 34.8 Å². The van der Waals surface area contributed by atoms with Gasteiger partial charge in [-0.25, -0.2) is 0 Å². The predicted octanol–water partition coefficient (Wildman–Crippen LogP) is 8.43. The number of halogens is 7. The first kappa shape index (κ1) is 25.2. The number of benzene rings is 3. The monoisotopic (exact) mass is 544 g/mol. The summed E-state index contributed by atoms with van der Waals surface area (Å²) in [5.41, 5.74) is 2.71. The van der Waals surface area contributed by atoms with E-state index in [4.69, 9.17) is 34.8 Å². The third-order valence-corrected chi connectivity index (χ3v) is 5.88. The largest absolute Gasteiger partial charge is 0.435 e. The first-order valence-electron chi connectivity index (χ1n) is 10.0. The minimum Gasteiger partial charge on any atom is -0.435 e. The molecule has 0 fully saturated rings. The van der Waals surface area contributed by atoms with Crippen LogP contribution in [0, 0.1) is 0 Å². The SMILES string of the molecule is FC(F)Oc1ccc(-c2nn(Cc3ccc(Cl)cc3Cl)c(-c3ccc(OC(F)F)cc3)c2Cl)cc1. The average molecular weight is 546 g/mol. The van der Waals surface area contributed by atoms with E-state index in [0.717, 1.165) is 0 Å². The number of ether oxygens (including phenoxy) is 2. The molecule has 11 heteroatoms. The lowest BCUT2D eigenvalue weighted by Crippen LogP contribution is -2.05. The zero-order chi connectivity index (χ0) is 25.1. The van der Waals surface area contributed by atoms with Gasteiger partial charge >= 0.3 is 13.2 Å². The summed E-state index contributed by atoms with van der Waals surface area (Å²) in [6.07, 6.45) is 0. The molecule has 1 aromatic heterocycles. The van der Waals surface area contributed by atoms with Gasteiger partial charge in [-0.3, -0.25) is 4.68 Å². The maximum atomic E-state index is 12.5. The van der Waals surface area contributed by atoms with Gasteiger partial charge in [-0.2, -0.15) is 22.7 Å². The van der Waals surface area contributed by atoms with Gasteiger partial charge in [0.05, 0.1) is 17.3 Å². The average Bonchev–Trinajstić information content (AvgIpc) is 3.12. The van der Waals surface area contributed by atoms with Crippen LogP contribution >= 0.6 is 34.8 Å². The van der Waals surface area contributed by atoms with Crippen LogP contribution in [-0.2, 0) is 6.54 Å². The summed E-state index contributed by atoms with van der Waals surface area (Å²) >= 11 is 19.1. The molecule has 0 saturated heterocycles. The van der Waals surface area contributed by atoms with Gasteiger partial charge in [0.2, 0.25) is 0 Å². The minimum atomic E-state index is -2.95. The van der Waals surface area contributed by atoms with E-state index < -0.39 is 13.2 Å². The fourth-order valence-electron chi connectivity index (χ4n) is 3.41. The van der Waals surface area contributed by atoms with Crippen LogP contribution in [0.15, 0.2) is 66.7 Å². The van der Waals surface area contributed by atoms with E-state index in [1.54, 1.807) is 47.1 Å². The lowest BCUT2D eigenvalue weighted by Gasteiger charge is -2.11. The van der Waals surface area contributed by atoms with Crippen molar-refractivity contribution in [2.24, 2.45) is 0 Å². The van der Waals surface area contributed by atoms with Crippen molar-refractivity contribution in [2.75, 3.05) is 0 Å². The summed E-state index contributed by atoms with van der Waals surface area (Å²) in [6.45, 7) is -5.69. The van der Waals surface area contributed by atoms with Gasteiger partial charge in [-0.05, 0) is 66.2 Å². The Bertz CT molecular complexity index is 1310. The Balaban J connectivity index is 1.77. The van der Waals surface area contributed by atoms with E-state index in [0.29, 0.717) is 38.1 Å². The van der Waals surface area contributed by atoms with E-state index in [1.165, 1.54) is 24.3 Å². The summed E-state index contributed by atoms with van der Waals surface area (Å²) in [7, 11) is 0. The molecule has 0 N–H and O–H groups in total. The van der Waals surface area contributed by atoms with Gasteiger partial charge in [0.1, 0.15) is 17.2 Å². The smallest absolute Gasteiger partial charge is 0.387 e. The van der Waals surface area contributed by atoms with Crippen LogP contribution in [0.2, 0.25) is 15.1 Å². The van der Waals surface area contributed by atoms with Gasteiger partial charge in [0.25, 0.3) is 0 Å². The Morgan fingerprint density at radius 3 is 1.80 bits per heavy atom. The van der Waals surface area contributed by atoms with Gasteiger partial charge < -0.3 is 9.47 Å². The molecule has 0 spiro atoms. The van der Waals surface area contributed by atoms with Crippen molar-refractivity contribution in [2.45, 2.75) is 19.8 Å². The molecule has 0 aliphatic carbocycles. The molecule has 4 nitrogen and oxygen atoms in total. The first-order valence-corrected chi connectivity index (χ1v) is 11.2. The van der Waals surface area contributed by atoms with Crippen molar-refractivity contribution < 1.29 is 27.0 Å². The standard InChI is InChI=1S/C24H15Cl3F4N2O2/c25-16-6-1-15(19(26)11-16)12-33-22(14-4-9-18(10-5-14)35-24(30)31)20(27)21(32-33)13-2-7-17(8-3-13)34-23(28)29/h1-11,23-24H,12H2. The number of hydrogen-bond donors (Lipinski definition) is 0. The zero-order valence-electron chi connectivity index (χ0n) is 17.6. The van der Waals surface area contributed by atoms with Crippen LogP contribution in [0.3, 0.4) is 0 Å².